The van der Waals surface area contributed by atoms with Crippen molar-refractivity contribution in [2.75, 3.05) is 14.2 Å². The van der Waals surface area contributed by atoms with Crippen molar-refractivity contribution >= 4 is 17.0 Å². The highest BCUT2D eigenvalue weighted by Crippen LogP contribution is 2.29. The first kappa shape index (κ1) is 13.2. The molecule has 5 heteroatoms. The number of rotatable bonds is 3. The SMILES string of the molecule is COC(=O)c1cc2c(-c3ccc(OC)cc3)ccnc2[nH]1. The minimum atomic E-state index is -0.409. The van der Waals surface area contributed by atoms with Gasteiger partial charge in [0.05, 0.1) is 14.2 Å². The number of carbonyl (C=O) groups is 1. The molecule has 0 aliphatic carbocycles. The van der Waals surface area contributed by atoms with Gasteiger partial charge in [-0.25, -0.2) is 9.78 Å². The van der Waals surface area contributed by atoms with Crippen LogP contribution in [0.2, 0.25) is 0 Å². The standard InChI is InChI=1S/C16H14N2O3/c1-20-11-5-3-10(4-6-11)12-7-8-17-15-13(12)9-14(18-15)16(19)21-2/h3-9H,1-2H3,(H,17,18). The third-order valence-corrected chi connectivity index (χ3v) is 3.34. The van der Waals surface area contributed by atoms with Gasteiger partial charge in [0.1, 0.15) is 17.1 Å². The third-order valence-electron chi connectivity index (χ3n) is 3.34. The number of nitrogens with one attached hydrogen (secondary N) is 1. The van der Waals surface area contributed by atoms with E-state index in [-0.39, 0.29) is 0 Å². The Labute approximate surface area is 121 Å². The van der Waals surface area contributed by atoms with Crippen molar-refractivity contribution in [1.29, 1.82) is 0 Å². The summed E-state index contributed by atoms with van der Waals surface area (Å²) in [5.41, 5.74) is 3.07. The van der Waals surface area contributed by atoms with Gasteiger partial charge in [-0.1, -0.05) is 12.1 Å². The fourth-order valence-electron chi connectivity index (χ4n) is 2.27. The molecule has 0 unspecified atom stereocenters. The monoisotopic (exact) mass is 282 g/mol. The van der Waals surface area contributed by atoms with Gasteiger partial charge >= 0.3 is 5.97 Å². The molecule has 3 rings (SSSR count). The van der Waals surface area contributed by atoms with Crippen molar-refractivity contribution in [3.63, 3.8) is 0 Å². The number of aromatic nitrogens is 2. The first-order chi connectivity index (χ1) is 10.2. The van der Waals surface area contributed by atoms with Crippen molar-refractivity contribution in [3.05, 3.63) is 48.3 Å². The molecular weight excluding hydrogens is 268 g/mol. The van der Waals surface area contributed by atoms with E-state index in [0.717, 1.165) is 22.3 Å². The molecule has 1 N–H and O–H groups in total. The van der Waals surface area contributed by atoms with E-state index in [1.165, 1.54) is 7.11 Å². The molecule has 0 amide bonds. The number of hydrogen-bond donors (Lipinski definition) is 1. The highest BCUT2D eigenvalue weighted by Gasteiger charge is 2.13. The number of aromatic amines is 1. The maximum Gasteiger partial charge on any atom is 0.354 e. The average Bonchev–Trinajstić information content (AvgIpc) is 2.98. The first-order valence-electron chi connectivity index (χ1n) is 6.43. The van der Waals surface area contributed by atoms with Crippen molar-refractivity contribution in [3.8, 4) is 16.9 Å². The van der Waals surface area contributed by atoms with Crippen LogP contribution in [0.4, 0.5) is 0 Å². The van der Waals surface area contributed by atoms with E-state index in [1.54, 1.807) is 19.4 Å². The number of H-pyrrole nitrogens is 1. The number of pyridine rings is 1. The number of hydrogen-bond acceptors (Lipinski definition) is 4. The molecule has 0 saturated heterocycles. The van der Waals surface area contributed by atoms with Gasteiger partial charge in [0.15, 0.2) is 0 Å². The molecule has 0 aliphatic heterocycles. The summed E-state index contributed by atoms with van der Waals surface area (Å²) >= 11 is 0. The Kier molecular flexibility index (Phi) is 3.31. The maximum atomic E-state index is 11.6. The summed E-state index contributed by atoms with van der Waals surface area (Å²) in [6.07, 6.45) is 1.71. The summed E-state index contributed by atoms with van der Waals surface area (Å²) in [6, 6.07) is 11.4. The summed E-state index contributed by atoms with van der Waals surface area (Å²) in [6.45, 7) is 0. The van der Waals surface area contributed by atoms with Crippen LogP contribution < -0.4 is 4.74 Å². The van der Waals surface area contributed by atoms with Crippen LogP contribution in [0.1, 0.15) is 10.5 Å². The second kappa shape index (κ2) is 5.28. The molecule has 5 nitrogen and oxygen atoms in total. The van der Waals surface area contributed by atoms with Crippen molar-refractivity contribution in [2.24, 2.45) is 0 Å². The molecular formula is C16H14N2O3. The second-order valence-corrected chi connectivity index (χ2v) is 4.52. The lowest BCUT2D eigenvalue weighted by Gasteiger charge is -2.04. The molecule has 2 aromatic heterocycles. The van der Waals surface area contributed by atoms with E-state index in [2.05, 4.69) is 9.97 Å². The first-order valence-corrected chi connectivity index (χ1v) is 6.43. The quantitative estimate of drug-likeness (QED) is 0.750. The van der Waals surface area contributed by atoms with E-state index in [4.69, 9.17) is 9.47 Å². The topological polar surface area (TPSA) is 64.2 Å². The molecule has 0 spiro atoms. The Balaban J connectivity index is 2.13. The highest BCUT2D eigenvalue weighted by molar-refractivity contribution is 5.99. The van der Waals surface area contributed by atoms with Gasteiger partial charge in [0, 0.05) is 11.6 Å². The molecule has 0 aliphatic rings. The number of carbonyl (C=O) groups excluding carboxylic acids is 1. The van der Waals surface area contributed by atoms with Gasteiger partial charge in [-0.3, -0.25) is 0 Å². The lowest BCUT2D eigenvalue weighted by atomic mass is 10.0. The predicted octanol–water partition coefficient (Wildman–Crippen LogP) is 3.03. The number of methoxy groups -OCH3 is 2. The second-order valence-electron chi connectivity index (χ2n) is 4.52. The fraction of sp³-hybridized carbons (Fsp3) is 0.125. The Hall–Kier alpha value is -2.82. The molecule has 0 radical (unpaired) electrons. The van der Waals surface area contributed by atoms with Crippen molar-refractivity contribution < 1.29 is 14.3 Å². The zero-order valence-corrected chi connectivity index (χ0v) is 11.7. The number of nitrogens with zero attached hydrogens (tertiary/aromatic N) is 1. The Bertz CT molecular complexity index is 791. The van der Waals surface area contributed by atoms with Gasteiger partial charge in [0.25, 0.3) is 0 Å². The summed E-state index contributed by atoms with van der Waals surface area (Å²) in [5.74, 6) is 0.391. The molecule has 0 saturated carbocycles. The third kappa shape index (κ3) is 2.33. The Morgan fingerprint density at radius 2 is 1.90 bits per heavy atom. The predicted molar refractivity (Wildman–Crippen MR) is 79.4 cm³/mol. The molecule has 0 atom stereocenters. The molecule has 2 heterocycles. The zero-order valence-electron chi connectivity index (χ0n) is 11.7. The van der Waals surface area contributed by atoms with E-state index in [1.807, 2.05) is 30.3 Å². The molecule has 3 aromatic rings. The van der Waals surface area contributed by atoms with Crippen LogP contribution in [0.5, 0.6) is 5.75 Å². The van der Waals surface area contributed by atoms with Crippen LogP contribution in [0, 0.1) is 0 Å². The van der Waals surface area contributed by atoms with Crippen LogP contribution in [-0.4, -0.2) is 30.2 Å². The minimum Gasteiger partial charge on any atom is -0.497 e. The van der Waals surface area contributed by atoms with Crippen LogP contribution in [0.25, 0.3) is 22.2 Å². The van der Waals surface area contributed by atoms with E-state index in [0.29, 0.717) is 11.3 Å². The fourth-order valence-corrected chi connectivity index (χ4v) is 2.27. The number of fused-ring (bicyclic) bond motifs is 1. The summed E-state index contributed by atoms with van der Waals surface area (Å²) < 4.78 is 9.89. The summed E-state index contributed by atoms with van der Waals surface area (Å²) in [4.78, 5) is 18.8. The lowest BCUT2D eigenvalue weighted by Crippen LogP contribution is -2.00. The lowest BCUT2D eigenvalue weighted by molar-refractivity contribution is 0.0595. The Morgan fingerprint density at radius 1 is 1.14 bits per heavy atom. The molecule has 106 valence electrons. The molecule has 21 heavy (non-hydrogen) atoms. The van der Waals surface area contributed by atoms with Crippen molar-refractivity contribution in [2.45, 2.75) is 0 Å². The minimum absolute atomic E-state index is 0.390. The van der Waals surface area contributed by atoms with E-state index >= 15 is 0 Å². The summed E-state index contributed by atoms with van der Waals surface area (Å²) in [5, 5.41) is 0.878. The van der Waals surface area contributed by atoms with Crippen molar-refractivity contribution in [1.82, 2.24) is 9.97 Å². The van der Waals surface area contributed by atoms with Gasteiger partial charge in [0.2, 0.25) is 0 Å². The maximum absolute atomic E-state index is 11.6. The van der Waals surface area contributed by atoms with Gasteiger partial charge in [-0.15, -0.1) is 0 Å². The van der Waals surface area contributed by atoms with Crippen LogP contribution in [0.3, 0.4) is 0 Å². The summed E-state index contributed by atoms with van der Waals surface area (Å²) in [7, 11) is 2.99. The number of benzene rings is 1. The molecule has 0 fully saturated rings. The average molecular weight is 282 g/mol. The molecule has 1 aromatic carbocycles. The molecule has 0 bridgehead atoms. The van der Waals surface area contributed by atoms with Crippen LogP contribution >= 0.6 is 0 Å². The van der Waals surface area contributed by atoms with Crippen LogP contribution in [-0.2, 0) is 4.74 Å². The van der Waals surface area contributed by atoms with E-state index in [9.17, 15) is 4.79 Å². The van der Waals surface area contributed by atoms with Crippen LogP contribution in [0.15, 0.2) is 42.6 Å². The number of esters is 1. The highest BCUT2D eigenvalue weighted by atomic mass is 16.5. The van der Waals surface area contributed by atoms with Gasteiger partial charge in [-0.2, -0.15) is 0 Å². The Morgan fingerprint density at radius 3 is 2.57 bits per heavy atom. The van der Waals surface area contributed by atoms with E-state index < -0.39 is 5.97 Å². The number of ether oxygens (including phenoxy) is 2. The van der Waals surface area contributed by atoms with Gasteiger partial charge in [-0.05, 0) is 35.4 Å². The largest absolute Gasteiger partial charge is 0.497 e. The smallest absolute Gasteiger partial charge is 0.354 e. The normalized spacial score (nSPS) is 10.6. The zero-order chi connectivity index (χ0) is 14.8. The van der Waals surface area contributed by atoms with Gasteiger partial charge < -0.3 is 14.5 Å².